The molecule has 0 saturated heterocycles. The number of nitrogens with one attached hydrogen (secondary N) is 1. The van der Waals surface area contributed by atoms with Gasteiger partial charge in [0.05, 0.1) is 36.4 Å². The summed E-state index contributed by atoms with van der Waals surface area (Å²) in [4.78, 5) is 31.4. The lowest BCUT2D eigenvalue weighted by molar-refractivity contribution is -0.137. The number of carbonyl (C=O) groups excluding carboxylic acids is 2. The van der Waals surface area contributed by atoms with Gasteiger partial charge in [-0.25, -0.2) is 0 Å². The number of carbonyl (C=O) groups is 2. The molecule has 2 atom stereocenters. The number of nitrogens with zero attached hydrogens (tertiary/aromatic N) is 1. The van der Waals surface area contributed by atoms with Crippen molar-refractivity contribution in [1.82, 2.24) is 0 Å². The van der Waals surface area contributed by atoms with Gasteiger partial charge in [-0.05, 0) is 56.2 Å². The van der Waals surface area contributed by atoms with Crippen LogP contribution in [0.4, 0.5) is 18.9 Å². The summed E-state index contributed by atoms with van der Waals surface area (Å²) in [5, 5.41) is 2.49. The second kappa shape index (κ2) is 9.97. The lowest BCUT2D eigenvalue weighted by Crippen LogP contribution is -2.39. The van der Waals surface area contributed by atoms with E-state index in [1.165, 1.54) is 14.2 Å². The van der Waals surface area contributed by atoms with Gasteiger partial charge in [-0.3, -0.25) is 14.6 Å². The minimum absolute atomic E-state index is 0.0501. The lowest BCUT2D eigenvalue weighted by atomic mass is 9.71. The first-order valence-electron chi connectivity index (χ1n) is 11.3. The summed E-state index contributed by atoms with van der Waals surface area (Å²) in [5.74, 6) is -1.61. The first-order chi connectivity index (χ1) is 17.0. The molecule has 2 aromatic carbocycles. The van der Waals surface area contributed by atoms with Crippen LogP contribution in [0.3, 0.4) is 0 Å². The van der Waals surface area contributed by atoms with Crippen molar-refractivity contribution in [3.63, 3.8) is 0 Å². The van der Waals surface area contributed by atoms with Crippen molar-refractivity contribution in [3.8, 4) is 11.5 Å². The van der Waals surface area contributed by atoms with Gasteiger partial charge in [0.25, 0.3) is 0 Å². The minimum atomic E-state index is -4.61. The molecule has 1 heterocycles. The normalized spacial score (nSPS) is 20.0. The molecule has 0 radical (unpaired) electrons. The zero-order valence-electron chi connectivity index (χ0n) is 19.8. The largest absolute Gasteiger partial charge is 0.497 e. The highest BCUT2D eigenvalue weighted by Crippen LogP contribution is 2.47. The Kier molecular flexibility index (Phi) is 7.13. The number of rotatable bonds is 5. The van der Waals surface area contributed by atoms with E-state index in [0.717, 1.165) is 18.2 Å². The van der Waals surface area contributed by atoms with Crippen LogP contribution in [0.15, 0.2) is 52.7 Å². The molecule has 1 aliphatic heterocycles. The second-order valence-electron chi connectivity index (χ2n) is 8.64. The molecule has 0 bridgehead atoms. The molecule has 10 heteroatoms. The molecule has 1 N–H and O–H groups in total. The van der Waals surface area contributed by atoms with Gasteiger partial charge in [0.2, 0.25) is 5.91 Å². The Morgan fingerprint density at radius 2 is 1.86 bits per heavy atom. The number of amides is 1. The van der Waals surface area contributed by atoms with Crippen LogP contribution in [0, 0.1) is 5.92 Å². The third-order valence-electron chi connectivity index (χ3n) is 6.44. The summed E-state index contributed by atoms with van der Waals surface area (Å²) in [6, 6.07) is 7.78. The summed E-state index contributed by atoms with van der Waals surface area (Å²) in [6.45, 7) is 1.67. The maximum Gasteiger partial charge on any atom is 0.416 e. The van der Waals surface area contributed by atoms with Gasteiger partial charge >= 0.3 is 6.18 Å². The van der Waals surface area contributed by atoms with Crippen LogP contribution in [0.1, 0.15) is 43.2 Å². The van der Waals surface area contributed by atoms with Crippen molar-refractivity contribution in [2.24, 2.45) is 10.9 Å². The number of ketones is 1. The predicted molar refractivity (Wildman–Crippen MR) is 130 cm³/mol. The molecule has 1 amide bonds. The molecule has 36 heavy (non-hydrogen) atoms. The maximum atomic E-state index is 13.7. The zero-order chi connectivity index (χ0) is 26.2. The van der Waals surface area contributed by atoms with Gasteiger partial charge in [-0.1, -0.05) is 11.6 Å². The van der Waals surface area contributed by atoms with Crippen molar-refractivity contribution >= 4 is 34.7 Å². The number of alkyl halides is 3. The fraction of sp³-hybridized carbons (Fsp3) is 0.346. The van der Waals surface area contributed by atoms with Crippen LogP contribution < -0.4 is 14.8 Å². The van der Waals surface area contributed by atoms with E-state index in [1.807, 2.05) is 0 Å². The van der Waals surface area contributed by atoms with Crippen molar-refractivity contribution in [2.45, 2.75) is 38.3 Å². The second-order valence-corrected chi connectivity index (χ2v) is 9.04. The van der Waals surface area contributed by atoms with Crippen molar-refractivity contribution < 1.29 is 32.2 Å². The maximum absolute atomic E-state index is 13.7. The van der Waals surface area contributed by atoms with E-state index in [4.69, 9.17) is 21.1 Å². The van der Waals surface area contributed by atoms with Crippen molar-refractivity contribution in [1.29, 1.82) is 0 Å². The van der Waals surface area contributed by atoms with Gasteiger partial charge < -0.3 is 14.8 Å². The highest BCUT2D eigenvalue weighted by Gasteiger charge is 2.44. The van der Waals surface area contributed by atoms with E-state index in [9.17, 15) is 22.8 Å². The van der Waals surface area contributed by atoms with Crippen LogP contribution in [-0.4, -0.2) is 31.6 Å². The summed E-state index contributed by atoms with van der Waals surface area (Å²) in [5.41, 5.74) is 0.863. The topological polar surface area (TPSA) is 77.0 Å². The quantitative estimate of drug-likeness (QED) is 0.509. The molecule has 190 valence electrons. The molecule has 1 unspecified atom stereocenters. The predicted octanol–water partition coefficient (Wildman–Crippen LogP) is 6.20. The molecule has 2 aromatic rings. The lowest BCUT2D eigenvalue weighted by Gasteiger charge is -2.35. The number of halogens is 4. The molecule has 0 saturated carbocycles. The van der Waals surface area contributed by atoms with E-state index >= 15 is 0 Å². The van der Waals surface area contributed by atoms with Gasteiger partial charge in [0, 0.05) is 34.9 Å². The van der Waals surface area contributed by atoms with E-state index in [1.54, 1.807) is 25.1 Å². The van der Waals surface area contributed by atoms with Crippen LogP contribution in [0.2, 0.25) is 5.02 Å². The number of aliphatic imine (C=N–C) groups is 1. The molecule has 6 nitrogen and oxygen atoms in total. The number of Topliss-reactive ketones (excluding diaryl/α,β-unsaturated/α-hetero) is 1. The minimum Gasteiger partial charge on any atom is -0.497 e. The SMILES string of the molecule is COc1ccc(OC)c([C@H]2C3=C(CCCC3=O)N=C(C)C2C(=O)Nc2cc(C(F)(F)F)ccc2Cl)c1. The Morgan fingerprint density at radius 1 is 1.11 bits per heavy atom. The summed E-state index contributed by atoms with van der Waals surface area (Å²) in [6.07, 6.45) is -3.08. The van der Waals surface area contributed by atoms with E-state index in [-0.39, 0.29) is 16.5 Å². The standard InChI is InChI=1S/C26H24ClF3N2O4/c1-13-22(25(34)32-19-11-14(26(28,29)30)7-9-17(19)27)23(24-18(31-13)5-4-6-20(24)33)16-12-15(35-2)8-10-21(16)36-3/h7-12,22-23H,4-6H2,1-3H3,(H,32,34)/t22?,23-/m1/s1. The Morgan fingerprint density at radius 3 is 2.53 bits per heavy atom. The number of benzene rings is 2. The first kappa shape index (κ1) is 25.8. The fourth-order valence-electron chi connectivity index (χ4n) is 4.77. The smallest absolute Gasteiger partial charge is 0.416 e. The number of allylic oxidation sites excluding steroid dienone is 2. The summed E-state index contributed by atoms with van der Waals surface area (Å²) < 4.78 is 50.8. The summed E-state index contributed by atoms with van der Waals surface area (Å²) >= 11 is 6.13. The average Bonchev–Trinajstić information content (AvgIpc) is 2.83. The van der Waals surface area contributed by atoms with Gasteiger partial charge in [0.1, 0.15) is 11.5 Å². The van der Waals surface area contributed by atoms with Crippen LogP contribution in [0.5, 0.6) is 11.5 Å². The third-order valence-corrected chi connectivity index (χ3v) is 6.77. The molecule has 4 rings (SSSR count). The number of anilines is 1. The molecule has 0 fully saturated rings. The Bertz CT molecular complexity index is 1290. The molecular formula is C26H24ClF3N2O4. The van der Waals surface area contributed by atoms with E-state index in [0.29, 0.717) is 53.3 Å². The van der Waals surface area contributed by atoms with Crippen molar-refractivity contribution in [2.75, 3.05) is 19.5 Å². The highest BCUT2D eigenvalue weighted by molar-refractivity contribution is 6.34. The van der Waals surface area contributed by atoms with Crippen LogP contribution in [0.25, 0.3) is 0 Å². The van der Waals surface area contributed by atoms with Crippen molar-refractivity contribution in [3.05, 3.63) is 63.8 Å². The molecular weight excluding hydrogens is 497 g/mol. The molecule has 0 spiro atoms. The first-order valence-corrected chi connectivity index (χ1v) is 11.6. The van der Waals surface area contributed by atoms with Gasteiger partial charge in [-0.15, -0.1) is 0 Å². The number of methoxy groups -OCH3 is 2. The highest BCUT2D eigenvalue weighted by atomic mass is 35.5. The van der Waals surface area contributed by atoms with E-state index < -0.39 is 29.5 Å². The number of hydrogen-bond donors (Lipinski definition) is 1. The molecule has 2 aliphatic rings. The van der Waals surface area contributed by atoms with Gasteiger partial charge in [0.15, 0.2) is 5.78 Å². The fourth-order valence-corrected chi connectivity index (χ4v) is 4.94. The van der Waals surface area contributed by atoms with E-state index in [2.05, 4.69) is 10.3 Å². The van der Waals surface area contributed by atoms with Crippen LogP contribution in [-0.2, 0) is 15.8 Å². The van der Waals surface area contributed by atoms with Crippen LogP contribution >= 0.6 is 11.6 Å². The number of hydrogen-bond acceptors (Lipinski definition) is 5. The van der Waals surface area contributed by atoms with Gasteiger partial charge in [-0.2, -0.15) is 13.2 Å². The zero-order valence-corrected chi connectivity index (χ0v) is 20.6. The Hall–Kier alpha value is -3.33. The monoisotopic (exact) mass is 520 g/mol. The summed E-state index contributed by atoms with van der Waals surface area (Å²) in [7, 11) is 2.97. The third kappa shape index (κ3) is 4.84. The number of ether oxygens (including phenoxy) is 2. The molecule has 0 aromatic heterocycles. The Balaban J connectivity index is 1.83. The molecule has 1 aliphatic carbocycles. The average molecular weight is 521 g/mol. The Labute approximate surface area is 211 Å².